The zero-order valence-electron chi connectivity index (χ0n) is 20.4. The molecule has 0 spiro atoms. The van der Waals surface area contributed by atoms with Crippen molar-refractivity contribution < 1.29 is 23.9 Å². The van der Waals surface area contributed by atoms with Gasteiger partial charge >= 0.3 is 5.97 Å². The fourth-order valence-corrected chi connectivity index (χ4v) is 4.64. The standard InChI is InChI=1S/C25H32N4O5S/c1-4-34-24(33)19-11-8-12-28(14-19)22(31)13-20-16-35-25(26-20)27-21(30)15-29(17(2)3)23(32)18-9-6-5-7-10-18/h5-7,9-10,16-17,19H,4,8,11-15H2,1-3H3,(H,26,27,30). The van der Waals surface area contributed by atoms with E-state index in [2.05, 4.69) is 10.3 Å². The van der Waals surface area contributed by atoms with Crippen molar-refractivity contribution in [3.63, 3.8) is 0 Å². The number of hydrogen-bond acceptors (Lipinski definition) is 7. The summed E-state index contributed by atoms with van der Waals surface area (Å²) in [6.45, 7) is 6.65. The Kier molecular flexibility index (Phi) is 9.36. The molecule has 1 aliphatic rings. The molecule has 1 aliphatic heterocycles. The molecule has 3 rings (SSSR count). The Labute approximate surface area is 209 Å². The first-order valence-corrected chi connectivity index (χ1v) is 12.7. The third kappa shape index (κ3) is 7.35. The molecule has 0 aliphatic carbocycles. The highest BCUT2D eigenvalue weighted by Crippen LogP contribution is 2.21. The van der Waals surface area contributed by atoms with Crippen molar-refractivity contribution in [1.29, 1.82) is 0 Å². The quantitative estimate of drug-likeness (QED) is 0.530. The number of hydrogen-bond donors (Lipinski definition) is 1. The van der Waals surface area contributed by atoms with Crippen LogP contribution >= 0.6 is 11.3 Å². The van der Waals surface area contributed by atoms with Gasteiger partial charge < -0.3 is 19.9 Å². The van der Waals surface area contributed by atoms with Gasteiger partial charge in [0.2, 0.25) is 11.8 Å². The summed E-state index contributed by atoms with van der Waals surface area (Å²) >= 11 is 1.23. The third-order valence-electron chi connectivity index (χ3n) is 5.74. The van der Waals surface area contributed by atoms with E-state index >= 15 is 0 Å². The first-order valence-electron chi connectivity index (χ1n) is 11.8. The van der Waals surface area contributed by atoms with Gasteiger partial charge in [0.05, 0.1) is 24.6 Å². The van der Waals surface area contributed by atoms with Crippen LogP contribution in [-0.4, -0.2) is 70.8 Å². The molecule has 2 aromatic rings. The highest BCUT2D eigenvalue weighted by Gasteiger charge is 2.29. The van der Waals surface area contributed by atoms with Gasteiger partial charge in [0.1, 0.15) is 6.54 Å². The minimum absolute atomic E-state index is 0.0898. The number of rotatable bonds is 9. The maximum atomic E-state index is 12.8. The summed E-state index contributed by atoms with van der Waals surface area (Å²) in [4.78, 5) is 57.8. The Morgan fingerprint density at radius 2 is 1.97 bits per heavy atom. The zero-order valence-corrected chi connectivity index (χ0v) is 21.2. The molecule has 3 amide bonds. The molecule has 1 fully saturated rings. The summed E-state index contributed by atoms with van der Waals surface area (Å²) < 4.78 is 5.10. The molecule has 2 heterocycles. The summed E-state index contributed by atoms with van der Waals surface area (Å²) in [7, 11) is 0. The summed E-state index contributed by atoms with van der Waals surface area (Å²) in [5.74, 6) is -1.24. The van der Waals surface area contributed by atoms with Gasteiger partial charge in [-0.25, -0.2) is 4.98 Å². The van der Waals surface area contributed by atoms with Crippen LogP contribution in [0, 0.1) is 5.92 Å². The predicted octanol–water partition coefficient (Wildman–Crippen LogP) is 2.98. The number of nitrogens with one attached hydrogen (secondary N) is 1. The summed E-state index contributed by atoms with van der Waals surface area (Å²) in [6, 6.07) is 8.67. The average Bonchev–Trinajstić information content (AvgIpc) is 3.29. The van der Waals surface area contributed by atoms with Crippen LogP contribution in [-0.2, 0) is 25.5 Å². The van der Waals surface area contributed by atoms with E-state index in [1.807, 2.05) is 19.9 Å². The van der Waals surface area contributed by atoms with E-state index in [1.54, 1.807) is 41.5 Å². The van der Waals surface area contributed by atoms with Crippen LogP contribution in [0.1, 0.15) is 49.7 Å². The lowest BCUT2D eigenvalue weighted by Gasteiger charge is -2.31. The second-order valence-corrected chi connectivity index (χ2v) is 9.55. The molecule has 9 nitrogen and oxygen atoms in total. The molecule has 0 radical (unpaired) electrons. The molecule has 0 bridgehead atoms. The third-order valence-corrected chi connectivity index (χ3v) is 6.55. The maximum absolute atomic E-state index is 12.8. The van der Waals surface area contributed by atoms with Gasteiger partial charge in [-0.15, -0.1) is 11.3 Å². The van der Waals surface area contributed by atoms with Crippen LogP contribution in [0.5, 0.6) is 0 Å². The number of benzene rings is 1. The van der Waals surface area contributed by atoms with Gasteiger partial charge in [0.15, 0.2) is 5.13 Å². The summed E-state index contributed by atoms with van der Waals surface area (Å²) in [5.41, 5.74) is 1.07. The molecule has 1 unspecified atom stereocenters. The van der Waals surface area contributed by atoms with Crippen molar-refractivity contribution in [3.05, 3.63) is 47.0 Å². The molecule has 1 aromatic carbocycles. The van der Waals surface area contributed by atoms with Gasteiger partial charge in [-0.1, -0.05) is 18.2 Å². The van der Waals surface area contributed by atoms with Gasteiger partial charge in [-0.05, 0) is 45.7 Å². The van der Waals surface area contributed by atoms with Crippen LogP contribution in [0.3, 0.4) is 0 Å². The smallest absolute Gasteiger partial charge is 0.310 e. The van der Waals surface area contributed by atoms with Crippen LogP contribution in [0.15, 0.2) is 35.7 Å². The van der Waals surface area contributed by atoms with E-state index in [0.717, 1.165) is 12.8 Å². The number of nitrogens with zero attached hydrogens (tertiary/aromatic N) is 3. The fraction of sp³-hybridized carbons (Fsp3) is 0.480. The van der Waals surface area contributed by atoms with Crippen molar-refractivity contribution in [2.45, 2.75) is 46.1 Å². The first-order chi connectivity index (χ1) is 16.8. The number of piperidine rings is 1. The van der Waals surface area contributed by atoms with Crippen LogP contribution in [0.25, 0.3) is 0 Å². The van der Waals surface area contributed by atoms with Gasteiger partial charge in [-0.3, -0.25) is 19.2 Å². The minimum atomic E-state index is -0.358. The Balaban J connectivity index is 1.54. The SMILES string of the molecule is CCOC(=O)C1CCCN(C(=O)Cc2csc(NC(=O)CN(C(=O)c3ccccc3)C(C)C)n2)C1. The largest absolute Gasteiger partial charge is 0.466 e. The number of anilines is 1. The van der Waals surface area contributed by atoms with Crippen molar-refractivity contribution in [2.24, 2.45) is 5.92 Å². The van der Waals surface area contributed by atoms with E-state index in [4.69, 9.17) is 4.74 Å². The molecule has 10 heteroatoms. The van der Waals surface area contributed by atoms with Crippen LogP contribution < -0.4 is 5.32 Å². The Hall–Kier alpha value is -3.27. The Morgan fingerprint density at radius 3 is 2.66 bits per heavy atom. The zero-order chi connectivity index (χ0) is 25.4. The molecule has 35 heavy (non-hydrogen) atoms. The van der Waals surface area contributed by atoms with Crippen molar-refractivity contribution in [2.75, 3.05) is 31.6 Å². The second-order valence-electron chi connectivity index (χ2n) is 8.69. The number of carbonyl (C=O) groups is 4. The van der Waals surface area contributed by atoms with Crippen molar-refractivity contribution in [3.8, 4) is 0 Å². The molecular weight excluding hydrogens is 468 g/mol. The normalized spacial score (nSPS) is 15.5. The molecule has 1 saturated heterocycles. The van der Waals surface area contributed by atoms with Gasteiger partial charge in [0, 0.05) is 30.1 Å². The van der Waals surface area contributed by atoms with Gasteiger partial charge in [-0.2, -0.15) is 0 Å². The predicted molar refractivity (Wildman–Crippen MR) is 133 cm³/mol. The van der Waals surface area contributed by atoms with Gasteiger partial charge in [0.25, 0.3) is 5.91 Å². The lowest BCUT2D eigenvalue weighted by Crippen LogP contribution is -2.43. The monoisotopic (exact) mass is 500 g/mol. The highest BCUT2D eigenvalue weighted by atomic mass is 32.1. The number of esters is 1. The van der Waals surface area contributed by atoms with Crippen molar-refractivity contribution in [1.82, 2.24) is 14.8 Å². The Bertz CT molecular complexity index is 1040. The molecular formula is C25H32N4O5S. The van der Waals surface area contributed by atoms with E-state index in [-0.39, 0.29) is 48.6 Å². The van der Waals surface area contributed by atoms with Crippen molar-refractivity contribution >= 4 is 40.2 Å². The van der Waals surface area contributed by atoms with E-state index in [1.165, 1.54) is 16.2 Å². The molecule has 1 aromatic heterocycles. The number of ether oxygens (including phenoxy) is 1. The van der Waals surface area contributed by atoms with E-state index in [0.29, 0.717) is 36.1 Å². The summed E-state index contributed by atoms with van der Waals surface area (Å²) in [6.07, 6.45) is 1.56. The van der Waals surface area contributed by atoms with Crippen LogP contribution in [0.4, 0.5) is 5.13 Å². The lowest BCUT2D eigenvalue weighted by molar-refractivity contribution is -0.151. The molecule has 1 atom stereocenters. The fourth-order valence-electron chi connectivity index (χ4n) is 3.92. The first kappa shape index (κ1) is 26.3. The summed E-state index contributed by atoms with van der Waals surface area (Å²) in [5, 5.41) is 4.84. The number of likely N-dealkylation sites (tertiary alicyclic amines) is 1. The minimum Gasteiger partial charge on any atom is -0.466 e. The second kappa shape index (κ2) is 12.4. The topological polar surface area (TPSA) is 109 Å². The highest BCUT2D eigenvalue weighted by molar-refractivity contribution is 7.13. The lowest BCUT2D eigenvalue weighted by atomic mass is 9.98. The average molecular weight is 501 g/mol. The maximum Gasteiger partial charge on any atom is 0.310 e. The van der Waals surface area contributed by atoms with E-state index in [9.17, 15) is 19.2 Å². The molecule has 188 valence electrons. The number of carbonyl (C=O) groups excluding carboxylic acids is 4. The molecule has 1 N–H and O–H groups in total. The molecule has 0 saturated carbocycles. The van der Waals surface area contributed by atoms with E-state index < -0.39 is 0 Å². The Morgan fingerprint density at radius 1 is 1.23 bits per heavy atom. The van der Waals surface area contributed by atoms with Crippen LogP contribution in [0.2, 0.25) is 0 Å². The number of thiazole rings is 1. The number of amides is 3. The number of aromatic nitrogens is 1.